The first-order valence-corrected chi connectivity index (χ1v) is 6.61. The Balaban J connectivity index is 2.26. The first-order valence-electron chi connectivity index (χ1n) is 6.23. The van der Waals surface area contributed by atoms with Gasteiger partial charge in [0.15, 0.2) is 0 Å². The summed E-state index contributed by atoms with van der Waals surface area (Å²) in [6.45, 7) is 5.85. The molecule has 0 aliphatic heterocycles. The lowest BCUT2D eigenvalue weighted by atomic mass is 10.2. The summed E-state index contributed by atoms with van der Waals surface area (Å²) in [4.78, 5) is 22.9. The maximum absolute atomic E-state index is 11.5. The largest absolute Gasteiger partial charge is 0.465 e. The average molecular weight is 297 g/mol. The molecule has 0 amide bonds. The minimum absolute atomic E-state index is 0.00438. The number of rotatable bonds is 7. The summed E-state index contributed by atoms with van der Waals surface area (Å²) < 4.78 is 9.99. The van der Waals surface area contributed by atoms with E-state index in [0.29, 0.717) is 17.2 Å². The van der Waals surface area contributed by atoms with Crippen molar-refractivity contribution in [1.82, 2.24) is 0 Å². The third-order valence-electron chi connectivity index (χ3n) is 2.35. The van der Waals surface area contributed by atoms with Crippen LogP contribution in [0.5, 0.6) is 5.75 Å². The molecule has 108 valence electrons. The van der Waals surface area contributed by atoms with Crippen molar-refractivity contribution in [3.05, 3.63) is 41.4 Å². The molecule has 0 unspecified atom stereocenters. The van der Waals surface area contributed by atoms with Crippen molar-refractivity contribution in [2.75, 3.05) is 6.61 Å². The van der Waals surface area contributed by atoms with Crippen LogP contribution < -0.4 is 4.74 Å². The molecule has 0 bridgehead atoms. The van der Waals surface area contributed by atoms with E-state index in [0.717, 1.165) is 5.57 Å². The molecular formula is C15H17ClO4. The summed E-state index contributed by atoms with van der Waals surface area (Å²) in [5.41, 5.74) is 0.943. The monoisotopic (exact) mass is 296 g/mol. The summed E-state index contributed by atoms with van der Waals surface area (Å²) in [6.07, 6.45) is 0.590. The summed E-state index contributed by atoms with van der Waals surface area (Å²) in [5.74, 6) is -0.559. The number of esters is 2. The lowest BCUT2D eigenvalue weighted by Gasteiger charge is -2.05. The minimum atomic E-state index is -0.496. The molecule has 20 heavy (non-hydrogen) atoms. The Morgan fingerprint density at radius 2 is 1.90 bits per heavy atom. The van der Waals surface area contributed by atoms with E-state index in [1.807, 2.05) is 6.92 Å². The number of carbonyl (C=O) groups is 2. The number of halogens is 1. The van der Waals surface area contributed by atoms with Gasteiger partial charge in [-0.2, -0.15) is 0 Å². The molecule has 4 nitrogen and oxygen atoms in total. The van der Waals surface area contributed by atoms with Gasteiger partial charge in [-0.05, 0) is 25.1 Å². The van der Waals surface area contributed by atoms with Crippen LogP contribution in [0, 0.1) is 0 Å². The van der Waals surface area contributed by atoms with Gasteiger partial charge in [-0.3, -0.25) is 9.59 Å². The van der Waals surface area contributed by atoms with Gasteiger partial charge in [-0.1, -0.05) is 23.2 Å². The van der Waals surface area contributed by atoms with Gasteiger partial charge in [-0.25, -0.2) is 0 Å². The van der Waals surface area contributed by atoms with Crippen molar-refractivity contribution in [1.29, 1.82) is 0 Å². The quantitative estimate of drug-likeness (QED) is 0.439. The van der Waals surface area contributed by atoms with Crippen molar-refractivity contribution >= 4 is 23.5 Å². The fraction of sp³-hybridized carbons (Fsp3) is 0.333. The highest BCUT2D eigenvalue weighted by Gasteiger charge is 2.10. The number of benzene rings is 1. The van der Waals surface area contributed by atoms with Gasteiger partial charge in [0.25, 0.3) is 0 Å². The standard InChI is InChI=1S/C15H17ClO4/c1-11(2)8-9-19-14(17)6-7-15(18)20-13-5-3-4-12(16)10-13/h3-5,10H,1,6-9H2,2H3. The summed E-state index contributed by atoms with van der Waals surface area (Å²) >= 11 is 5.77. The van der Waals surface area contributed by atoms with Crippen LogP contribution in [0.15, 0.2) is 36.4 Å². The van der Waals surface area contributed by atoms with E-state index >= 15 is 0 Å². The average Bonchev–Trinajstić information content (AvgIpc) is 2.36. The van der Waals surface area contributed by atoms with E-state index in [4.69, 9.17) is 21.1 Å². The predicted octanol–water partition coefficient (Wildman–Crippen LogP) is 3.54. The molecule has 0 aliphatic carbocycles. The summed E-state index contributed by atoms with van der Waals surface area (Å²) in [6, 6.07) is 6.51. The van der Waals surface area contributed by atoms with Crippen LogP contribution in [0.4, 0.5) is 0 Å². The van der Waals surface area contributed by atoms with Crippen LogP contribution in [0.3, 0.4) is 0 Å². The van der Waals surface area contributed by atoms with Crippen LogP contribution >= 0.6 is 11.6 Å². The highest BCUT2D eigenvalue weighted by atomic mass is 35.5. The van der Waals surface area contributed by atoms with E-state index in [2.05, 4.69) is 6.58 Å². The fourth-order valence-corrected chi connectivity index (χ4v) is 1.51. The first-order chi connectivity index (χ1) is 9.47. The normalized spacial score (nSPS) is 9.90. The molecule has 0 radical (unpaired) electrons. The molecule has 0 spiro atoms. The van der Waals surface area contributed by atoms with Gasteiger partial charge < -0.3 is 9.47 Å². The van der Waals surface area contributed by atoms with Crippen LogP contribution in [0.1, 0.15) is 26.2 Å². The Bertz CT molecular complexity index is 496. The lowest BCUT2D eigenvalue weighted by molar-refractivity contribution is -0.146. The Kier molecular flexibility index (Phi) is 6.81. The zero-order valence-electron chi connectivity index (χ0n) is 11.4. The number of hydrogen-bond acceptors (Lipinski definition) is 4. The highest BCUT2D eigenvalue weighted by molar-refractivity contribution is 6.30. The SMILES string of the molecule is C=C(C)CCOC(=O)CCC(=O)Oc1cccc(Cl)c1. The highest BCUT2D eigenvalue weighted by Crippen LogP contribution is 2.17. The first kappa shape index (κ1) is 16.2. The second-order valence-corrected chi connectivity index (χ2v) is 4.80. The zero-order chi connectivity index (χ0) is 15.0. The molecule has 5 heteroatoms. The molecule has 0 aromatic heterocycles. The molecule has 0 aliphatic rings. The van der Waals surface area contributed by atoms with Crippen LogP contribution in [-0.4, -0.2) is 18.5 Å². The molecule has 0 saturated heterocycles. The summed E-state index contributed by atoms with van der Waals surface area (Å²) in [5, 5.41) is 0.481. The minimum Gasteiger partial charge on any atom is -0.465 e. The number of ether oxygens (including phenoxy) is 2. The van der Waals surface area contributed by atoms with E-state index in [1.165, 1.54) is 6.07 Å². The molecule has 1 aromatic carbocycles. The molecule has 0 saturated carbocycles. The molecule has 0 N–H and O–H groups in total. The van der Waals surface area contributed by atoms with Crippen LogP contribution in [-0.2, 0) is 14.3 Å². The Morgan fingerprint density at radius 1 is 1.20 bits per heavy atom. The third-order valence-corrected chi connectivity index (χ3v) is 2.59. The number of hydrogen-bond donors (Lipinski definition) is 0. The molecule has 1 rings (SSSR count). The van der Waals surface area contributed by atoms with Gasteiger partial charge in [0, 0.05) is 11.4 Å². The second-order valence-electron chi connectivity index (χ2n) is 4.36. The molecule has 0 fully saturated rings. The second kappa shape index (κ2) is 8.38. The fourth-order valence-electron chi connectivity index (χ4n) is 1.33. The van der Waals surface area contributed by atoms with Crippen molar-refractivity contribution in [3.63, 3.8) is 0 Å². The zero-order valence-corrected chi connectivity index (χ0v) is 12.1. The van der Waals surface area contributed by atoms with Crippen molar-refractivity contribution in [3.8, 4) is 5.75 Å². The predicted molar refractivity (Wildman–Crippen MR) is 76.7 cm³/mol. The van der Waals surface area contributed by atoms with Crippen molar-refractivity contribution in [2.45, 2.75) is 26.2 Å². The maximum atomic E-state index is 11.5. The Morgan fingerprint density at radius 3 is 2.55 bits per heavy atom. The Labute approximate surface area is 123 Å². The van der Waals surface area contributed by atoms with E-state index < -0.39 is 11.9 Å². The summed E-state index contributed by atoms with van der Waals surface area (Å²) in [7, 11) is 0. The lowest BCUT2D eigenvalue weighted by Crippen LogP contribution is -2.12. The van der Waals surface area contributed by atoms with E-state index in [-0.39, 0.29) is 19.4 Å². The van der Waals surface area contributed by atoms with Gasteiger partial charge >= 0.3 is 11.9 Å². The molecule has 0 heterocycles. The van der Waals surface area contributed by atoms with E-state index in [1.54, 1.807) is 18.2 Å². The van der Waals surface area contributed by atoms with Crippen molar-refractivity contribution in [2.24, 2.45) is 0 Å². The Hall–Kier alpha value is -1.81. The van der Waals surface area contributed by atoms with E-state index in [9.17, 15) is 9.59 Å². The maximum Gasteiger partial charge on any atom is 0.311 e. The molecule has 0 atom stereocenters. The van der Waals surface area contributed by atoms with Crippen molar-refractivity contribution < 1.29 is 19.1 Å². The van der Waals surface area contributed by atoms with Gasteiger partial charge in [0.05, 0.1) is 19.4 Å². The third kappa shape index (κ3) is 6.95. The smallest absolute Gasteiger partial charge is 0.311 e. The van der Waals surface area contributed by atoms with Gasteiger partial charge in [-0.15, -0.1) is 6.58 Å². The molecule has 1 aromatic rings. The van der Waals surface area contributed by atoms with Crippen LogP contribution in [0.25, 0.3) is 0 Å². The van der Waals surface area contributed by atoms with Crippen LogP contribution in [0.2, 0.25) is 5.02 Å². The van der Waals surface area contributed by atoms with Gasteiger partial charge in [0.2, 0.25) is 0 Å². The molecular weight excluding hydrogens is 280 g/mol. The topological polar surface area (TPSA) is 52.6 Å². The van der Waals surface area contributed by atoms with Gasteiger partial charge in [0.1, 0.15) is 5.75 Å². The number of carbonyl (C=O) groups excluding carboxylic acids is 2.